The molecule has 2 N–H and O–H groups in total. The molecule has 9 heteroatoms. The Morgan fingerprint density at radius 2 is 1.48 bits per heavy atom. The second-order valence-electron chi connectivity index (χ2n) is 7.31. The minimum absolute atomic E-state index is 0.0109. The molecule has 0 bridgehead atoms. The quantitative estimate of drug-likeness (QED) is 0.635. The summed E-state index contributed by atoms with van der Waals surface area (Å²) in [4.78, 5) is 23.9. The van der Waals surface area contributed by atoms with Crippen molar-refractivity contribution in [3.05, 3.63) is 54.1 Å². The van der Waals surface area contributed by atoms with Gasteiger partial charge in [-0.15, -0.1) is 0 Å². The average Bonchev–Trinajstić information content (AvgIpc) is 3.08. The number of anilines is 2. The highest BCUT2D eigenvalue weighted by Crippen LogP contribution is 2.21. The van der Waals surface area contributed by atoms with Gasteiger partial charge in [-0.1, -0.05) is 12.8 Å². The normalized spacial score (nSPS) is 15.0. The fourth-order valence-corrected chi connectivity index (χ4v) is 4.89. The topological polar surface area (TPSA) is 105 Å². The van der Waals surface area contributed by atoms with Crippen LogP contribution in [0.15, 0.2) is 53.4 Å². The van der Waals surface area contributed by atoms with E-state index in [2.05, 4.69) is 15.4 Å². The Bertz CT molecular complexity index is 996. The highest BCUT2D eigenvalue weighted by Gasteiger charge is 2.24. The fourth-order valence-electron chi connectivity index (χ4n) is 3.37. The van der Waals surface area contributed by atoms with Gasteiger partial charge in [0.25, 0.3) is 0 Å². The van der Waals surface area contributed by atoms with Gasteiger partial charge >= 0.3 is 5.97 Å². The van der Waals surface area contributed by atoms with Gasteiger partial charge in [0.1, 0.15) is 0 Å². The lowest BCUT2D eigenvalue weighted by atomic mass is 10.2. The number of hydrogen-bond donors (Lipinski definition) is 2. The molecule has 1 aliphatic rings. The van der Waals surface area contributed by atoms with Crippen molar-refractivity contribution in [3.63, 3.8) is 0 Å². The smallest absolute Gasteiger partial charge is 0.337 e. The molecule has 2 aromatic carbocycles. The van der Waals surface area contributed by atoms with Crippen molar-refractivity contribution in [2.75, 3.05) is 37.4 Å². The van der Waals surface area contributed by atoms with Crippen LogP contribution in [0.3, 0.4) is 0 Å². The van der Waals surface area contributed by atoms with Gasteiger partial charge in [-0.25, -0.2) is 13.2 Å². The number of nitrogens with zero attached hydrogens (tertiary/aromatic N) is 1. The van der Waals surface area contributed by atoms with E-state index in [0.29, 0.717) is 30.0 Å². The highest BCUT2D eigenvalue weighted by atomic mass is 32.2. The van der Waals surface area contributed by atoms with Crippen LogP contribution in [0.25, 0.3) is 0 Å². The predicted molar refractivity (Wildman–Crippen MR) is 119 cm³/mol. The van der Waals surface area contributed by atoms with E-state index in [1.807, 2.05) is 0 Å². The molecule has 0 aromatic heterocycles. The van der Waals surface area contributed by atoms with Crippen molar-refractivity contribution in [1.29, 1.82) is 0 Å². The van der Waals surface area contributed by atoms with Crippen molar-refractivity contribution < 1.29 is 22.7 Å². The zero-order chi connectivity index (χ0) is 22.3. The minimum Gasteiger partial charge on any atom is -0.465 e. The zero-order valence-corrected chi connectivity index (χ0v) is 18.3. The number of benzene rings is 2. The number of esters is 1. The maximum absolute atomic E-state index is 12.8. The third-order valence-corrected chi connectivity index (χ3v) is 7.01. The summed E-state index contributed by atoms with van der Waals surface area (Å²) < 4.78 is 31.8. The van der Waals surface area contributed by atoms with E-state index in [0.717, 1.165) is 25.7 Å². The molecule has 0 atom stereocenters. The number of nitrogens with one attached hydrogen (secondary N) is 2. The van der Waals surface area contributed by atoms with Crippen LogP contribution in [0, 0.1) is 0 Å². The Morgan fingerprint density at radius 3 is 2.06 bits per heavy atom. The van der Waals surface area contributed by atoms with E-state index in [9.17, 15) is 18.0 Å². The highest BCUT2D eigenvalue weighted by molar-refractivity contribution is 7.89. The molecule has 0 spiro atoms. The summed E-state index contributed by atoms with van der Waals surface area (Å²) in [5, 5.41) is 5.70. The molecular weight excluding hydrogens is 418 g/mol. The van der Waals surface area contributed by atoms with Gasteiger partial charge in [-0.05, 0) is 61.4 Å². The average molecular weight is 446 g/mol. The van der Waals surface area contributed by atoms with Gasteiger partial charge in [0, 0.05) is 24.5 Å². The summed E-state index contributed by atoms with van der Waals surface area (Å²) in [6.45, 7) is 1.13. The van der Waals surface area contributed by atoms with Crippen LogP contribution in [0.4, 0.5) is 11.4 Å². The van der Waals surface area contributed by atoms with Crippen molar-refractivity contribution >= 4 is 33.3 Å². The third kappa shape index (κ3) is 6.05. The van der Waals surface area contributed by atoms with Crippen molar-refractivity contribution in [1.82, 2.24) is 4.31 Å². The summed E-state index contributed by atoms with van der Waals surface area (Å²) in [5.41, 5.74) is 1.60. The molecule has 1 saturated heterocycles. The Kier molecular flexibility index (Phi) is 7.64. The summed E-state index contributed by atoms with van der Waals surface area (Å²) in [6.07, 6.45) is 3.90. The lowest BCUT2D eigenvalue weighted by Gasteiger charge is -2.20. The SMILES string of the molecule is COC(=O)c1ccc(NC(=O)CNc2ccc(S(=O)(=O)N3CCCCCC3)cc2)cc1. The van der Waals surface area contributed by atoms with Gasteiger partial charge in [-0.3, -0.25) is 4.79 Å². The second kappa shape index (κ2) is 10.4. The molecule has 2 aromatic rings. The Labute approximate surface area is 182 Å². The van der Waals surface area contributed by atoms with E-state index in [1.165, 1.54) is 7.11 Å². The predicted octanol–water partition coefficient (Wildman–Crippen LogP) is 3.09. The minimum atomic E-state index is -3.49. The summed E-state index contributed by atoms with van der Waals surface area (Å²) in [7, 11) is -2.19. The maximum atomic E-state index is 12.8. The molecule has 166 valence electrons. The molecule has 1 fully saturated rings. The number of rotatable bonds is 7. The number of methoxy groups -OCH3 is 1. The van der Waals surface area contributed by atoms with E-state index in [4.69, 9.17) is 0 Å². The lowest BCUT2D eigenvalue weighted by molar-refractivity contribution is -0.114. The second-order valence-corrected chi connectivity index (χ2v) is 9.25. The molecule has 1 aliphatic heterocycles. The van der Waals surface area contributed by atoms with Gasteiger partial charge < -0.3 is 15.4 Å². The van der Waals surface area contributed by atoms with Gasteiger partial charge in [-0.2, -0.15) is 4.31 Å². The van der Waals surface area contributed by atoms with E-state index >= 15 is 0 Å². The fraction of sp³-hybridized carbons (Fsp3) is 0.364. The van der Waals surface area contributed by atoms with E-state index in [-0.39, 0.29) is 17.3 Å². The first-order valence-electron chi connectivity index (χ1n) is 10.2. The van der Waals surface area contributed by atoms with Gasteiger partial charge in [0.05, 0.1) is 24.1 Å². The van der Waals surface area contributed by atoms with Crippen LogP contribution < -0.4 is 10.6 Å². The summed E-state index contributed by atoms with van der Waals surface area (Å²) in [5.74, 6) is -0.715. The molecule has 3 rings (SSSR count). The molecular formula is C22H27N3O5S. The zero-order valence-electron chi connectivity index (χ0n) is 17.5. The number of hydrogen-bond acceptors (Lipinski definition) is 6. The number of amides is 1. The lowest BCUT2D eigenvalue weighted by Crippen LogP contribution is -2.31. The standard InChI is InChI=1S/C22H27N3O5S/c1-30-22(27)17-6-8-19(9-7-17)24-21(26)16-23-18-10-12-20(13-11-18)31(28,29)25-14-4-2-3-5-15-25/h6-13,23H,2-5,14-16H2,1H3,(H,24,26). The number of carbonyl (C=O) groups is 2. The van der Waals surface area contributed by atoms with E-state index < -0.39 is 16.0 Å². The van der Waals surface area contributed by atoms with Crippen LogP contribution in [-0.2, 0) is 19.6 Å². The monoisotopic (exact) mass is 445 g/mol. The molecule has 0 radical (unpaired) electrons. The van der Waals surface area contributed by atoms with Crippen molar-refractivity contribution in [3.8, 4) is 0 Å². The summed E-state index contributed by atoms with van der Waals surface area (Å²) >= 11 is 0. The molecule has 8 nitrogen and oxygen atoms in total. The van der Waals surface area contributed by atoms with Gasteiger partial charge in [0.15, 0.2) is 0 Å². The molecule has 31 heavy (non-hydrogen) atoms. The van der Waals surface area contributed by atoms with Crippen LogP contribution in [0.5, 0.6) is 0 Å². The number of sulfonamides is 1. The number of carbonyl (C=O) groups excluding carboxylic acids is 2. The molecule has 0 unspecified atom stereocenters. The van der Waals surface area contributed by atoms with E-state index in [1.54, 1.807) is 52.8 Å². The molecule has 0 saturated carbocycles. The Morgan fingerprint density at radius 1 is 0.903 bits per heavy atom. The molecule has 1 heterocycles. The van der Waals surface area contributed by atoms with Crippen molar-refractivity contribution in [2.45, 2.75) is 30.6 Å². The van der Waals surface area contributed by atoms with Gasteiger partial charge in [0.2, 0.25) is 15.9 Å². The Balaban J connectivity index is 1.54. The first kappa shape index (κ1) is 22.8. The van der Waals surface area contributed by atoms with Crippen LogP contribution in [0.2, 0.25) is 0 Å². The maximum Gasteiger partial charge on any atom is 0.337 e. The molecule has 0 aliphatic carbocycles. The molecule has 1 amide bonds. The first-order valence-corrected chi connectivity index (χ1v) is 11.7. The largest absolute Gasteiger partial charge is 0.465 e. The Hall–Kier alpha value is -2.91. The van der Waals surface area contributed by atoms with Crippen LogP contribution >= 0.6 is 0 Å². The van der Waals surface area contributed by atoms with Crippen LogP contribution in [0.1, 0.15) is 36.0 Å². The summed E-state index contributed by atoms with van der Waals surface area (Å²) in [6, 6.07) is 12.8. The van der Waals surface area contributed by atoms with Crippen LogP contribution in [-0.4, -0.2) is 51.3 Å². The first-order chi connectivity index (χ1) is 14.9. The number of ether oxygens (including phenoxy) is 1. The van der Waals surface area contributed by atoms with Crippen molar-refractivity contribution in [2.24, 2.45) is 0 Å². The third-order valence-electron chi connectivity index (χ3n) is 5.10.